The van der Waals surface area contributed by atoms with E-state index in [0.717, 1.165) is 11.3 Å². The normalized spacial score (nSPS) is 10.4. The summed E-state index contributed by atoms with van der Waals surface area (Å²) in [6.07, 6.45) is 1.76. The second-order valence-electron chi connectivity index (χ2n) is 4.36. The molecule has 1 aromatic carbocycles. The Labute approximate surface area is 107 Å². The fourth-order valence-corrected chi connectivity index (χ4v) is 1.91. The zero-order valence-corrected chi connectivity index (χ0v) is 10.8. The third-order valence-electron chi connectivity index (χ3n) is 2.60. The number of aryl methyl sites for hydroxylation is 2. The van der Waals surface area contributed by atoms with Crippen LogP contribution in [0.4, 0.5) is 5.95 Å². The highest BCUT2D eigenvalue weighted by molar-refractivity contribution is 5.62. The highest BCUT2D eigenvalue weighted by atomic mass is 15.1. The maximum atomic E-state index is 5.45. The Morgan fingerprint density at radius 2 is 1.89 bits per heavy atom. The maximum Gasteiger partial charge on any atom is 0.223 e. The topological polar surface area (TPSA) is 63.8 Å². The third-order valence-corrected chi connectivity index (χ3v) is 2.60. The number of hydrogen-bond acceptors (Lipinski definition) is 4. The Hall–Kier alpha value is -1.94. The van der Waals surface area contributed by atoms with Crippen LogP contribution >= 0.6 is 0 Å². The first-order valence-electron chi connectivity index (χ1n) is 6.04. The largest absolute Gasteiger partial charge is 0.353 e. The Bertz CT molecular complexity index is 517. The molecule has 0 fully saturated rings. The molecule has 2 aromatic rings. The van der Waals surface area contributed by atoms with E-state index in [2.05, 4.69) is 47.3 Å². The first-order valence-corrected chi connectivity index (χ1v) is 6.04. The summed E-state index contributed by atoms with van der Waals surface area (Å²) in [5.74, 6) is 0.622. The van der Waals surface area contributed by atoms with Crippen molar-refractivity contribution in [2.45, 2.75) is 13.8 Å². The zero-order valence-electron chi connectivity index (χ0n) is 10.8. The molecule has 0 bridgehead atoms. The number of nitrogens with one attached hydrogen (secondary N) is 1. The van der Waals surface area contributed by atoms with Gasteiger partial charge in [-0.3, -0.25) is 0 Å². The molecule has 0 saturated heterocycles. The van der Waals surface area contributed by atoms with Gasteiger partial charge in [0.05, 0.1) is 5.69 Å². The number of nitrogens with zero attached hydrogens (tertiary/aromatic N) is 2. The molecule has 0 aliphatic carbocycles. The molecule has 94 valence electrons. The van der Waals surface area contributed by atoms with Gasteiger partial charge in [-0.2, -0.15) is 0 Å². The van der Waals surface area contributed by atoms with Crippen molar-refractivity contribution in [1.29, 1.82) is 0 Å². The minimum atomic E-state index is 0.567. The third kappa shape index (κ3) is 3.05. The lowest BCUT2D eigenvalue weighted by atomic mass is 10.1. The second kappa shape index (κ2) is 5.60. The number of aromatic nitrogens is 2. The summed E-state index contributed by atoms with van der Waals surface area (Å²) in [6.45, 7) is 5.42. The molecule has 0 saturated carbocycles. The van der Waals surface area contributed by atoms with Crippen LogP contribution in [0.3, 0.4) is 0 Å². The molecule has 0 radical (unpaired) electrons. The minimum Gasteiger partial charge on any atom is -0.353 e. The van der Waals surface area contributed by atoms with E-state index in [4.69, 9.17) is 5.73 Å². The van der Waals surface area contributed by atoms with Crippen molar-refractivity contribution in [2.75, 3.05) is 18.4 Å². The average molecular weight is 242 g/mol. The molecular weight excluding hydrogens is 224 g/mol. The van der Waals surface area contributed by atoms with Crippen LogP contribution in [0.1, 0.15) is 11.1 Å². The minimum absolute atomic E-state index is 0.567. The van der Waals surface area contributed by atoms with Crippen molar-refractivity contribution >= 4 is 5.95 Å². The molecule has 18 heavy (non-hydrogen) atoms. The van der Waals surface area contributed by atoms with E-state index < -0.39 is 0 Å². The lowest BCUT2D eigenvalue weighted by molar-refractivity contribution is 0.990. The summed E-state index contributed by atoms with van der Waals surface area (Å²) in [4.78, 5) is 8.65. The van der Waals surface area contributed by atoms with Crippen molar-refractivity contribution < 1.29 is 0 Å². The van der Waals surface area contributed by atoms with Crippen LogP contribution < -0.4 is 11.1 Å². The molecule has 1 aromatic heterocycles. The Morgan fingerprint density at radius 3 is 2.56 bits per heavy atom. The van der Waals surface area contributed by atoms with E-state index >= 15 is 0 Å². The molecule has 1 heterocycles. The average Bonchev–Trinajstić information content (AvgIpc) is 2.35. The summed E-state index contributed by atoms with van der Waals surface area (Å²) in [5, 5.41) is 3.09. The van der Waals surface area contributed by atoms with Crippen molar-refractivity contribution in [3.8, 4) is 11.3 Å². The molecule has 4 heteroatoms. The van der Waals surface area contributed by atoms with Gasteiger partial charge in [0, 0.05) is 24.8 Å². The van der Waals surface area contributed by atoms with Gasteiger partial charge in [0.2, 0.25) is 5.95 Å². The Balaban J connectivity index is 2.32. The molecular formula is C14H18N4. The Kier molecular flexibility index (Phi) is 3.89. The van der Waals surface area contributed by atoms with Gasteiger partial charge in [0.15, 0.2) is 0 Å². The van der Waals surface area contributed by atoms with Gasteiger partial charge in [0.25, 0.3) is 0 Å². The summed E-state index contributed by atoms with van der Waals surface area (Å²) in [7, 11) is 0. The SMILES string of the molecule is Cc1cc(C)cc(-c2ccnc(NCCN)n2)c1. The summed E-state index contributed by atoms with van der Waals surface area (Å²) >= 11 is 0. The smallest absolute Gasteiger partial charge is 0.223 e. The standard InChI is InChI=1S/C14H18N4/c1-10-7-11(2)9-12(8-10)13-3-5-16-14(18-13)17-6-4-15/h3,5,7-9H,4,6,15H2,1-2H3,(H,16,17,18). The van der Waals surface area contributed by atoms with E-state index in [0.29, 0.717) is 19.0 Å². The maximum absolute atomic E-state index is 5.45. The van der Waals surface area contributed by atoms with E-state index in [1.54, 1.807) is 6.20 Å². The van der Waals surface area contributed by atoms with E-state index in [-0.39, 0.29) is 0 Å². The van der Waals surface area contributed by atoms with Gasteiger partial charge >= 0.3 is 0 Å². The highest BCUT2D eigenvalue weighted by Gasteiger charge is 2.03. The first-order chi connectivity index (χ1) is 8.69. The lowest BCUT2D eigenvalue weighted by Crippen LogP contribution is -2.14. The van der Waals surface area contributed by atoms with Gasteiger partial charge in [-0.15, -0.1) is 0 Å². The lowest BCUT2D eigenvalue weighted by Gasteiger charge is -2.07. The fourth-order valence-electron chi connectivity index (χ4n) is 1.91. The van der Waals surface area contributed by atoms with Crippen LogP contribution in [0, 0.1) is 13.8 Å². The number of benzene rings is 1. The van der Waals surface area contributed by atoms with Gasteiger partial charge < -0.3 is 11.1 Å². The van der Waals surface area contributed by atoms with Gasteiger partial charge in [-0.05, 0) is 32.0 Å². The molecule has 3 N–H and O–H groups in total. The zero-order chi connectivity index (χ0) is 13.0. The highest BCUT2D eigenvalue weighted by Crippen LogP contribution is 2.20. The van der Waals surface area contributed by atoms with Crippen molar-refractivity contribution in [1.82, 2.24) is 9.97 Å². The predicted octanol–water partition coefficient (Wildman–Crippen LogP) is 2.13. The number of rotatable bonds is 4. The van der Waals surface area contributed by atoms with E-state index in [1.165, 1.54) is 11.1 Å². The van der Waals surface area contributed by atoms with Crippen molar-refractivity contribution in [3.05, 3.63) is 41.6 Å². The van der Waals surface area contributed by atoms with Gasteiger partial charge in [0.1, 0.15) is 0 Å². The molecule has 0 spiro atoms. The monoisotopic (exact) mass is 242 g/mol. The summed E-state index contributed by atoms with van der Waals surface area (Å²) in [5.41, 5.74) is 9.96. The molecule has 4 nitrogen and oxygen atoms in total. The molecule has 0 aliphatic heterocycles. The second-order valence-corrected chi connectivity index (χ2v) is 4.36. The molecule has 2 rings (SSSR count). The van der Waals surface area contributed by atoms with Crippen LogP contribution in [0.5, 0.6) is 0 Å². The Morgan fingerprint density at radius 1 is 1.17 bits per heavy atom. The van der Waals surface area contributed by atoms with Crippen molar-refractivity contribution in [2.24, 2.45) is 5.73 Å². The predicted molar refractivity (Wildman–Crippen MR) is 74.5 cm³/mol. The summed E-state index contributed by atoms with van der Waals surface area (Å²) in [6, 6.07) is 8.32. The van der Waals surface area contributed by atoms with Crippen molar-refractivity contribution in [3.63, 3.8) is 0 Å². The van der Waals surface area contributed by atoms with Gasteiger partial charge in [-0.1, -0.05) is 17.2 Å². The number of hydrogen-bond donors (Lipinski definition) is 2. The molecule has 0 unspecified atom stereocenters. The van der Waals surface area contributed by atoms with Crippen LogP contribution in [0.2, 0.25) is 0 Å². The molecule has 0 atom stereocenters. The van der Waals surface area contributed by atoms with Crippen LogP contribution in [-0.4, -0.2) is 23.1 Å². The van der Waals surface area contributed by atoms with Crippen LogP contribution in [0.15, 0.2) is 30.5 Å². The summed E-state index contributed by atoms with van der Waals surface area (Å²) < 4.78 is 0. The number of anilines is 1. The quantitative estimate of drug-likeness (QED) is 0.862. The van der Waals surface area contributed by atoms with E-state index in [9.17, 15) is 0 Å². The number of nitrogens with two attached hydrogens (primary N) is 1. The van der Waals surface area contributed by atoms with E-state index in [1.807, 2.05) is 6.07 Å². The molecule has 0 amide bonds. The fraction of sp³-hybridized carbons (Fsp3) is 0.286. The van der Waals surface area contributed by atoms with Crippen LogP contribution in [0.25, 0.3) is 11.3 Å². The van der Waals surface area contributed by atoms with Gasteiger partial charge in [-0.25, -0.2) is 9.97 Å². The first kappa shape index (κ1) is 12.5. The van der Waals surface area contributed by atoms with Crippen LogP contribution in [-0.2, 0) is 0 Å². The molecule has 0 aliphatic rings.